The number of carbonyl (C=O) groups excluding carboxylic acids is 1. The molecule has 1 unspecified atom stereocenters. The maximum Gasteiger partial charge on any atom is 0.282 e. The Labute approximate surface area is 103 Å². The molecule has 2 aliphatic rings. The highest BCUT2D eigenvalue weighted by atomic mass is 19.3. The second kappa shape index (κ2) is 3.74. The summed E-state index contributed by atoms with van der Waals surface area (Å²) in [4.78, 5) is 17.3. The van der Waals surface area contributed by atoms with Crippen molar-refractivity contribution in [3.63, 3.8) is 0 Å². The third-order valence-corrected chi connectivity index (χ3v) is 3.35. The van der Waals surface area contributed by atoms with Gasteiger partial charge in [-0.05, 0) is 6.92 Å². The fraction of sp³-hybridized carbons (Fsp3) is 0.636. The molecule has 7 heteroatoms. The van der Waals surface area contributed by atoms with Crippen LogP contribution in [0.3, 0.4) is 0 Å². The van der Waals surface area contributed by atoms with Gasteiger partial charge in [0.2, 0.25) is 0 Å². The van der Waals surface area contributed by atoms with Gasteiger partial charge in [-0.15, -0.1) is 0 Å². The van der Waals surface area contributed by atoms with Crippen LogP contribution in [-0.2, 0) is 6.54 Å². The van der Waals surface area contributed by atoms with E-state index in [-0.39, 0.29) is 11.7 Å². The van der Waals surface area contributed by atoms with E-state index in [4.69, 9.17) is 0 Å². The van der Waals surface area contributed by atoms with Crippen LogP contribution in [0.5, 0.6) is 0 Å². The van der Waals surface area contributed by atoms with E-state index in [9.17, 15) is 13.6 Å². The summed E-state index contributed by atoms with van der Waals surface area (Å²) in [6.07, 6.45) is 1.66. The Bertz CT molecular complexity index is 491. The van der Waals surface area contributed by atoms with Gasteiger partial charge in [0, 0.05) is 19.3 Å². The molecule has 1 N–H and O–H groups in total. The summed E-state index contributed by atoms with van der Waals surface area (Å²) in [6, 6.07) is 0.0816. The Kier molecular flexibility index (Phi) is 2.41. The minimum Gasteiger partial charge on any atom is -0.331 e. The molecule has 3 rings (SSSR count). The molecule has 0 spiro atoms. The zero-order valence-electron chi connectivity index (χ0n) is 9.99. The van der Waals surface area contributed by atoms with Gasteiger partial charge >= 0.3 is 0 Å². The van der Waals surface area contributed by atoms with E-state index < -0.39 is 24.9 Å². The molecular formula is C11H14F2N4O. The Morgan fingerprint density at radius 2 is 2.28 bits per heavy atom. The first-order chi connectivity index (χ1) is 8.46. The van der Waals surface area contributed by atoms with Gasteiger partial charge in [-0.1, -0.05) is 0 Å². The first-order valence-electron chi connectivity index (χ1n) is 5.94. The molecule has 0 bridgehead atoms. The highest BCUT2D eigenvalue weighted by Crippen LogP contribution is 2.28. The predicted molar refractivity (Wildman–Crippen MR) is 59.5 cm³/mol. The van der Waals surface area contributed by atoms with E-state index >= 15 is 0 Å². The summed E-state index contributed by atoms with van der Waals surface area (Å²) in [5.41, 5.74) is 0.260. The molecule has 1 fully saturated rings. The summed E-state index contributed by atoms with van der Waals surface area (Å²) < 4.78 is 27.4. The number of amides is 1. The lowest BCUT2D eigenvalue weighted by Gasteiger charge is -2.38. The van der Waals surface area contributed by atoms with Crippen molar-refractivity contribution in [2.45, 2.75) is 25.4 Å². The Balaban J connectivity index is 1.79. The minimum atomic E-state index is -2.73. The summed E-state index contributed by atoms with van der Waals surface area (Å²) in [5, 5.41) is 3.23. The van der Waals surface area contributed by atoms with Crippen LogP contribution in [0, 0.1) is 0 Å². The summed E-state index contributed by atoms with van der Waals surface area (Å²) in [7, 11) is 0. The largest absolute Gasteiger partial charge is 0.331 e. The lowest BCUT2D eigenvalue weighted by Crippen LogP contribution is -2.58. The number of alkyl halides is 2. The number of rotatable bonds is 1. The maximum atomic E-state index is 12.7. The van der Waals surface area contributed by atoms with Crippen LogP contribution in [0.15, 0.2) is 6.20 Å². The number of nitrogens with zero attached hydrogens (tertiary/aromatic N) is 3. The average Bonchev–Trinajstić information content (AvgIpc) is 2.70. The van der Waals surface area contributed by atoms with E-state index in [0.29, 0.717) is 0 Å². The molecule has 0 saturated carbocycles. The fourth-order valence-electron chi connectivity index (χ4n) is 2.37. The Morgan fingerprint density at radius 3 is 2.89 bits per heavy atom. The number of halogens is 2. The zero-order chi connectivity index (χ0) is 12.9. The monoisotopic (exact) mass is 256 g/mol. The molecule has 0 aliphatic carbocycles. The molecule has 18 heavy (non-hydrogen) atoms. The molecule has 3 heterocycles. The molecule has 0 aromatic carbocycles. The number of hydrogen-bond acceptors (Lipinski definition) is 3. The predicted octanol–water partition coefficient (Wildman–Crippen LogP) is 0.638. The lowest BCUT2D eigenvalue weighted by atomic mass is 10.1. The van der Waals surface area contributed by atoms with Gasteiger partial charge in [0.05, 0.1) is 19.1 Å². The van der Waals surface area contributed by atoms with E-state index in [2.05, 4.69) is 10.3 Å². The minimum absolute atomic E-state index is 0.0816. The third-order valence-electron chi connectivity index (χ3n) is 3.35. The van der Waals surface area contributed by atoms with Crippen LogP contribution in [0.2, 0.25) is 0 Å². The molecule has 5 nitrogen and oxygen atoms in total. The van der Waals surface area contributed by atoms with Crippen molar-refractivity contribution in [1.82, 2.24) is 19.8 Å². The van der Waals surface area contributed by atoms with Crippen LogP contribution in [0.1, 0.15) is 29.3 Å². The smallest absolute Gasteiger partial charge is 0.282 e. The van der Waals surface area contributed by atoms with Gasteiger partial charge in [-0.2, -0.15) is 0 Å². The molecule has 1 aromatic heterocycles. The number of aromatic nitrogens is 2. The zero-order valence-corrected chi connectivity index (χ0v) is 9.99. The lowest BCUT2D eigenvalue weighted by molar-refractivity contribution is -0.113. The average molecular weight is 256 g/mol. The van der Waals surface area contributed by atoms with E-state index in [0.717, 1.165) is 23.8 Å². The van der Waals surface area contributed by atoms with Crippen LogP contribution in [-0.4, -0.2) is 45.9 Å². The van der Waals surface area contributed by atoms with Crippen molar-refractivity contribution < 1.29 is 13.6 Å². The van der Waals surface area contributed by atoms with Crippen molar-refractivity contribution in [2.24, 2.45) is 0 Å². The van der Waals surface area contributed by atoms with Crippen molar-refractivity contribution in [3.05, 3.63) is 17.7 Å². The first kappa shape index (κ1) is 11.6. The topological polar surface area (TPSA) is 50.2 Å². The van der Waals surface area contributed by atoms with Crippen molar-refractivity contribution in [3.8, 4) is 0 Å². The molecule has 1 aromatic rings. The second-order valence-electron chi connectivity index (χ2n) is 4.87. The SMILES string of the molecule is CC1NCCn2cc(C(=O)N3CC(F)(F)C3)nc21. The Morgan fingerprint density at radius 1 is 1.56 bits per heavy atom. The van der Waals surface area contributed by atoms with Gasteiger partial charge in [-0.25, -0.2) is 13.8 Å². The quantitative estimate of drug-likeness (QED) is 0.802. The number of nitrogens with one attached hydrogen (secondary N) is 1. The number of hydrogen-bond donors (Lipinski definition) is 1. The van der Waals surface area contributed by atoms with Crippen LogP contribution >= 0.6 is 0 Å². The van der Waals surface area contributed by atoms with Crippen molar-refractivity contribution >= 4 is 5.91 Å². The molecular weight excluding hydrogens is 242 g/mol. The highest BCUT2D eigenvalue weighted by molar-refractivity contribution is 5.93. The first-order valence-corrected chi connectivity index (χ1v) is 5.94. The number of carbonyl (C=O) groups is 1. The third kappa shape index (κ3) is 1.78. The van der Waals surface area contributed by atoms with Crippen LogP contribution in [0.4, 0.5) is 8.78 Å². The normalized spacial score (nSPS) is 25.5. The summed E-state index contributed by atoms with van der Waals surface area (Å²) in [5.74, 6) is -2.35. The van der Waals surface area contributed by atoms with E-state index in [1.165, 1.54) is 0 Å². The molecule has 2 aliphatic heterocycles. The standard InChI is InChI=1S/C11H14F2N4O/c1-7-9-15-8(4-16(9)3-2-14-7)10(18)17-5-11(12,13)6-17/h4,7,14H,2-3,5-6H2,1H3. The molecule has 1 atom stereocenters. The molecule has 0 radical (unpaired) electrons. The van der Waals surface area contributed by atoms with Gasteiger partial charge in [0.1, 0.15) is 11.5 Å². The van der Waals surface area contributed by atoms with E-state index in [1.807, 2.05) is 11.5 Å². The van der Waals surface area contributed by atoms with Gasteiger partial charge in [0.15, 0.2) is 0 Å². The fourth-order valence-corrected chi connectivity index (χ4v) is 2.37. The summed E-state index contributed by atoms with van der Waals surface area (Å²) in [6.45, 7) is 2.53. The number of likely N-dealkylation sites (tertiary alicyclic amines) is 1. The second-order valence-corrected chi connectivity index (χ2v) is 4.87. The van der Waals surface area contributed by atoms with Crippen LogP contribution < -0.4 is 5.32 Å². The van der Waals surface area contributed by atoms with Crippen LogP contribution in [0.25, 0.3) is 0 Å². The Hall–Kier alpha value is -1.50. The van der Waals surface area contributed by atoms with Gasteiger partial charge in [0.25, 0.3) is 11.8 Å². The highest BCUT2D eigenvalue weighted by Gasteiger charge is 2.47. The number of imidazole rings is 1. The maximum absolute atomic E-state index is 12.7. The summed E-state index contributed by atoms with van der Waals surface area (Å²) >= 11 is 0. The van der Waals surface area contributed by atoms with Crippen molar-refractivity contribution in [1.29, 1.82) is 0 Å². The molecule has 1 saturated heterocycles. The van der Waals surface area contributed by atoms with Gasteiger partial charge < -0.3 is 14.8 Å². The molecule has 98 valence electrons. The van der Waals surface area contributed by atoms with Crippen molar-refractivity contribution in [2.75, 3.05) is 19.6 Å². The number of fused-ring (bicyclic) bond motifs is 1. The molecule has 1 amide bonds. The van der Waals surface area contributed by atoms with E-state index in [1.54, 1.807) is 6.20 Å². The van der Waals surface area contributed by atoms with Gasteiger partial charge in [-0.3, -0.25) is 4.79 Å².